The van der Waals surface area contributed by atoms with E-state index in [-0.39, 0.29) is 18.0 Å². The van der Waals surface area contributed by atoms with Gasteiger partial charge in [0.1, 0.15) is 0 Å². The predicted octanol–water partition coefficient (Wildman–Crippen LogP) is 3.48. The summed E-state index contributed by atoms with van der Waals surface area (Å²) < 4.78 is 0. The highest BCUT2D eigenvalue weighted by Crippen LogP contribution is 2.29. The molecule has 5 nitrogen and oxygen atoms in total. The number of hydrogen-bond donors (Lipinski definition) is 2. The molecule has 2 fully saturated rings. The Labute approximate surface area is 147 Å². The van der Waals surface area contributed by atoms with Crippen molar-refractivity contribution in [3.05, 3.63) is 34.9 Å². The molecule has 2 N–H and O–H groups in total. The van der Waals surface area contributed by atoms with Crippen molar-refractivity contribution < 1.29 is 14.7 Å². The zero-order valence-electron chi connectivity index (χ0n) is 13.6. The third kappa shape index (κ3) is 4.01. The lowest BCUT2D eigenvalue weighted by Gasteiger charge is -2.28. The Kier molecular flexibility index (Phi) is 5.29. The number of likely N-dealkylation sites (tertiary alicyclic amines) is 1. The monoisotopic (exact) mass is 350 g/mol. The van der Waals surface area contributed by atoms with Gasteiger partial charge in [0.25, 0.3) is 0 Å². The zero-order chi connectivity index (χ0) is 17.1. The zero-order valence-corrected chi connectivity index (χ0v) is 14.3. The van der Waals surface area contributed by atoms with Gasteiger partial charge in [-0.25, -0.2) is 4.79 Å². The van der Waals surface area contributed by atoms with Crippen LogP contribution in [0.25, 0.3) is 0 Å². The number of carbonyl (C=O) groups is 2. The maximum absolute atomic E-state index is 12.4. The van der Waals surface area contributed by atoms with E-state index in [1.54, 1.807) is 0 Å². The smallest absolute Gasteiger partial charge is 0.317 e. The molecular formula is C18H23ClN2O3. The Hall–Kier alpha value is -1.75. The molecule has 0 radical (unpaired) electrons. The second-order valence-electron chi connectivity index (χ2n) is 6.82. The average Bonchev–Trinajstić information content (AvgIpc) is 3.05. The Morgan fingerprint density at radius 1 is 1.17 bits per heavy atom. The molecule has 1 saturated heterocycles. The highest BCUT2D eigenvalue weighted by atomic mass is 35.5. The van der Waals surface area contributed by atoms with Gasteiger partial charge in [0.15, 0.2) is 0 Å². The van der Waals surface area contributed by atoms with Crippen molar-refractivity contribution in [2.24, 2.45) is 5.92 Å². The highest BCUT2D eigenvalue weighted by molar-refractivity contribution is 6.30. The molecule has 1 aromatic carbocycles. The van der Waals surface area contributed by atoms with Crippen LogP contribution in [0.15, 0.2) is 24.3 Å². The molecule has 0 spiro atoms. The number of hydrogen-bond acceptors (Lipinski definition) is 2. The molecule has 24 heavy (non-hydrogen) atoms. The van der Waals surface area contributed by atoms with Crippen LogP contribution in [0.4, 0.5) is 4.79 Å². The minimum absolute atomic E-state index is 0.0293. The van der Waals surface area contributed by atoms with Gasteiger partial charge in [0.05, 0.1) is 5.92 Å². The third-order valence-electron chi connectivity index (χ3n) is 5.20. The molecule has 2 aliphatic rings. The Morgan fingerprint density at radius 3 is 2.58 bits per heavy atom. The van der Waals surface area contributed by atoms with Crippen LogP contribution in [0.5, 0.6) is 0 Å². The maximum Gasteiger partial charge on any atom is 0.317 e. The standard InChI is InChI=1S/C18H23ClN2O3/c19-15-3-1-2-13(10-15)14-8-9-21(11-14)18(24)20-16-6-4-12(5-7-16)17(22)23/h1-3,10,12,14,16H,4-9,11H2,(H,20,24)(H,22,23). The molecule has 130 valence electrons. The van der Waals surface area contributed by atoms with Gasteiger partial charge in [-0.15, -0.1) is 0 Å². The number of rotatable bonds is 3. The van der Waals surface area contributed by atoms with E-state index in [9.17, 15) is 9.59 Å². The van der Waals surface area contributed by atoms with E-state index in [1.165, 1.54) is 5.56 Å². The Bertz CT molecular complexity index is 614. The van der Waals surface area contributed by atoms with E-state index < -0.39 is 5.97 Å². The summed E-state index contributed by atoms with van der Waals surface area (Å²) in [5.74, 6) is -0.641. The fraction of sp³-hybridized carbons (Fsp3) is 0.556. The topological polar surface area (TPSA) is 69.6 Å². The van der Waals surface area contributed by atoms with E-state index in [2.05, 4.69) is 11.4 Å². The molecule has 1 unspecified atom stereocenters. The number of carboxylic acid groups (broad SMARTS) is 1. The van der Waals surface area contributed by atoms with Gasteiger partial charge in [0, 0.05) is 30.1 Å². The lowest BCUT2D eigenvalue weighted by molar-refractivity contribution is -0.142. The van der Waals surface area contributed by atoms with Crippen LogP contribution in [0.3, 0.4) is 0 Å². The molecule has 1 aliphatic carbocycles. The van der Waals surface area contributed by atoms with Crippen LogP contribution in [0, 0.1) is 5.92 Å². The fourth-order valence-corrected chi connectivity index (χ4v) is 3.93. The number of urea groups is 1. The fourth-order valence-electron chi connectivity index (χ4n) is 3.73. The van der Waals surface area contributed by atoms with Gasteiger partial charge >= 0.3 is 12.0 Å². The first-order valence-corrected chi connectivity index (χ1v) is 8.94. The van der Waals surface area contributed by atoms with E-state index in [0.717, 1.165) is 30.8 Å². The van der Waals surface area contributed by atoms with Gasteiger partial charge in [-0.3, -0.25) is 4.79 Å². The van der Waals surface area contributed by atoms with Gasteiger partial charge < -0.3 is 15.3 Å². The lowest BCUT2D eigenvalue weighted by atomic mass is 9.86. The Balaban J connectivity index is 1.49. The van der Waals surface area contributed by atoms with E-state index in [4.69, 9.17) is 16.7 Å². The number of nitrogens with one attached hydrogen (secondary N) is 1. The summed E-state index contributed by atoms with van der Waals surface area (Å²) in [5, 5.41) is 12.8. The first-order chi connectivity index (χ1) is 11.5. The summed E-state index contributed by atoms with van der Waals surface area (Å²) in [5.41, 5.74) is 1.18. The quantitative estimate of drug-likeness (QED) is 0.876. The first kappa shape index (κ1) is 17.1. The van der Waals surface area contributed by atoms with E-state index in [1.807, 2.05) is 23.1 Å². The van der Waals surface area contributed by atoms with Crippen LogP contribution in [-0.4, -0.2) is 41.1 Å². The van der Waals surface area contributed by atoms with Crippen molar-refractivity contribution in [2.75, 3.05) is 13.1 Å². The lowest BCUT2D eigenvalue weighted by Crippen LogP contribution is -2.45. The van der Waals surface area contributed by atoms with Crippen LogP contribution in [0.2, 0.25) is 5.02 Å². The number of nitrogens with zero attached hydrogens (tertiary/aromatic N) is 1. The highest BCUT2D eigenvalue weighted by Gasteiger charge is 2.31. The minimum Gasteiger partial charge on any atom is -0.481 e. The number of carbonyl (C=O) groups excluding carboxylic acids is 1. The molecule has 0 aromatic heterocycles. The summed E-state index contributed by atoms with van der Waals surface area (Å²) >= 11 is 6.05. The van der Waals surface area contributed by atoms with Crippen molar-refractivity contribution in [1.82, 2.24) is 10.2 Å². The molecule has 1 heterocycles. The predicted molar refractivity (Wildman–Crippen MR) is 92.3 cm³/mol. The SMILES string of the molecule is O=C(O)C1CCC(NC(=O)N2CCC(c3cccc(Cl)c3)C2)CC1. The second-order valence-corrected chi connectivity index (χ2v) is 7.26. The minimum atomic E-state index is -0.719. The number of benzene rings is 1. The second kappa shape index (κ2) is 7.43. The number of amides is 2. The molecule has 2 amide bonds. The summed E-state index contributed by atoms with van der Waals surface area (Å²) in [4.78, 5) is 25.3. The van der Waals surface area contributed by atoms with Gasteiger partial charge in [0.2, 0.25) is 0 Å². The van der Waals surface area contributed by atoms with Gasteiger partial charge in [-0.2, -0.15) is 0 Å². The molecule has 1 saturated carbocycles. The molecule has 1 atom stereocenters. The van der Waals surface area contributed by atoms with Crippen molar-refractivity contribution in [1.29, 1.82) is 0 Å². The van der Waals surface area contributed by atoms with E-state index in [0.29, 0.717) is 25.3 Å². The van der Waals surface area contributed by atoms with Gasteiger partial charge in [-0.1, -0.05) is 23.7 Å². The largest absolute Gasteiger partial charge is 0.481 e. The van der Waals surface area contributed by atoms with Crippen molar-refractivity contribution in [3.63, 3.8) is 0 Å². The molecule has 6 heteroatoms. The van der Waals surface area contributed by atoms with Crippen molar-refractivity contribution >= 4 is 23.6 Å². The summed E-state index contributed by atoms with van der Waals surface area (Å²) in [6, 6.07) is 7.90. The van der Waals surface area contributed by atoms with E-state index >= 15 is 0 Å². The van der Waals surface area contributed by atoms with Gasteiger partial charge in [-0.05, 0) is 49.8 Å². The molecule has 1 aromatic rings. The molecule has 1 aliphatic heterocycles. The number of halogens is 1. The molecule has 3 rings (SSSR count). The summed E-state index contributed by atoms with van der Waals surface area (Å²) in [6.45, 7) is 1.45. The first-order valence-electron chi connectivity index (χ1n) is 8.56. The Morgan fingerprint density at radius 2 is 1.92 bits per heavy atom. The maximum atomic E-state index is 12.4. The third-order valence-corrected chi connectivity index (χ3v) is 5.43. The van der Waals surface area contributed by atoms with Crippen LogP contribution in [0.1, 0.15) is 43.6 Å². The summed E-state index contributed by atoms with van der Waals surface area (Å²) in [6.07, 6.45) is 3.72. The van der Waals surface area contributed by atoms with Crippen molar-refractivity contribution in [2.45, 2.75) is 44.1 Å². The summed E-state index contributed by atoms with van der Waals surface area (Å²) in [7, 11) is 0. The average molecular weight is 351 g/mol. The van der Waals surface area contributed by atoms with Crippen LogP contribution in [-0.2, 0) is 4.79 Å². The number of carboxylic acids is 1. The molecular weight excluding hydrogens is 328 g/mol. The van der Waals surface area contributed by atoms with Crippen LogP contribution < -0.4 is 5.32 Å². The van der Waals surface area contributed by atoms with Crippen molar-refractivity contribution in [3.8, 4) is 0 Å². The normalized spacial score (nSPS) is 27.0. The number of aliphatic carboxylic acids is 1. The molecule has 0 bridgehead atoms. The van der Waals surface area contributed by atoms with Crippen LogP contribution >= 0.6 is 11.6 Å².